The highest BCUT2D eigenvalue weighted by Crippen LogP contribution is 2.37. The van der Waals surface area contributed by atoms with Crippen molar-refractivity contribution in [2.75, 3.05) is 20.3 Å². The third-order valence-electron chi connectivity index (χ3n) is 1.96. The second-order valence-corrected chi connectivity index (χ2v) is 5.47. The molecule has 0 aliphatic rings. The molecule has 1 rings (SSSR count). The van der Waals surface area contributed by atoms with Gasteiger partial charge in [0.05, 0.1) is 6.61 Å². The maximum Gasteiger partial charge on any atom is 0.573 e. The molecule has 0 unspecified atom stereocenters. The van der Waals surface area contributed by atoms with E-state index in [2.05, 4.69) is 20.7 Å². The first-order valence-corrected chi connectivity index (χ1v) is 7.07. The standard InChI is InChI=1S/C11H11BrF3IO3/c1-17-3-2-4-18-9-6-8(16)7(12)5-10(9)19-11(13,14)15/h5-6H,2-4H2,1H3. The van der Waals surface area contributed by atoms with Crippen LogP contribution in [-0.2, 0) is 4.74 Å². The molecule has 0 amide bonds. The van der Waals surface area contributed by atoms with Gasteiger partial charge in [-0.1, -0.05) is 0 Å². The van der Waals surface area contributed by atoms with E-state index >= 15 is 0 Å². The molecule has 0 aliphatic carbocycles. The van der Waals surface area contributed by atoms with E-state index in [1.807, 2.05) is 22.6 Å². The summed E-state index contributed by atoms with van der Waals surface area (Å²) in [6, 6.07) is 2.72. The van der Waals surface area contributed by atoms with Gasteiger partial charge >= 0.3 is 6.36 Å². The van der Waals surface area contributed by atoms with Crippen LogP contribution in [0.1, 0.15) is 6.42 Å². The van der Waals surface area contributed by atoms with Crippen molar-refractivity contribution in [1.82, 2.24) is 0 Å². The monoisotopic (exact) mass is 454 g/mol. The van der Waals surface area contributed by atoms with E-state index in [-0.39, 0.29) is 18.1 Å². The third kappa shape index (κ3) is 6.17. The Kier molecular flexibility index (Phi) is 6.67. The van der Waals surface area contributed by atoms with Crippen LogP contribution in [0.2, 0.25) is 0 Å². The van der Waals surface area contributed by atoms with Gasteiger partial charge in [0.15, 0.2) is 11.5 Å². The zero-order chi connectivity index (χ0) is 14.5. The summed E-state index contributed by atoms with van der Waals surface area (Å²) in [5, 5.41) is 0. The summed E-state index contributed by atoms with van der Waals surface area (Å²) in [6.45, 7) is 0.725. The van der Waals surface area contributed by atoms with Gasteiger partial charge in [-0.25, -0.2) is 0 Å². The molecule has 1 aromatic carbocycles. The van der Waals surface area contributed by atoms with Crippen molar-refractivity contribution in [3.8, 4) is 11.5 Å². The zero-order valence-electron chi connectivity index (χ0n) is 9.89. The quantitative estimate of drug-likeness (QED) is 0.472. The van der Waals surface area contributed by atoms with E-state index in [4.69, 9.17) is 9.47 Å². The van der Waals surface area contributed by atoms with Crippen molar-refractivity contribution in [2.45, 2.75) is 12.8 Å². The van der Waals surface area contributed by atoms with E-state index in [0.29, 0.717) is 17.5 Å². The molecule has 0 atom stereocenters. The van der Waals surface area contributed by atoms with Crippen molar-refractivity contribution >= 4 is 38.5 Å². The number of benzene rings is 1. The Morgan fingerprint density at radius 3 is 2.47 bits per heavy atom. The zero-order valence-corrected chi connectivity index (χ0v) is 13.6. The molecule has 1 aromatic rings. The normalized spacial score (nSPS) is 11.5. The Bertz CT molecular complexity index is 426. The fourth-order valence-corrected chi connectivity index (χ4v) is 1.97. The number of hydrogen-bond donors (Lipinski definition) is 0. The molecule has 0 radical (unpaired) electrons. The van der Waals surface area contributed by atoms with Gasteiger partial charge in [-0.15, -0.1) is 13.2 Å². The van der Waals surface area contributed by atoms with Crippen molar-refractivity contribution in [3.63, 3.8) is 0 Å². The first-order chi connectivity index (χ1) is 8.83. The second kappa shape index (κ2) is 7.53. The van der Waals surface area contributed by atoms with Crippen molar-refractivity contribution in [2.24, 2.45) is 0 Å². The lowest BCUT2D eigenvalue weighted by atomic mass is 10.3. The number of ether oxygens (including phenoxy) is 3. The molecule has 0 aliphatic heterocycles. The highest BCUT2D eigenvalue weighted by molar-refractivity contribution is 14.1. The fourth-order valence-electron chi connectivity index (χ4n) is 1.21. The maximum atomic E-state index is 12.3. The van der Waals surface area contributed by atoms with E-state index in [0.717, 1.165) is 3.57 Å². The van der Waals surface area contributed by atoms with E-state index in [1.54, 1.807) is 7.11 Å². The third-order valence-corrected chi connectivity index (χ3v) is 4.25. The summed E-state index contributed by atoms with van der Waals surface area (Å²) >= 11 is 5.13. The molecule has 0 aromatic heterocycles. The van der Waals surface area contributed by atoms with Crippen LogP contribution in [-0.4, -0.2) is 26.7 Å². The van der Waals surface area contributed by atoms with Crippen molar-refractivity contribution in [1.29, 1.82) is 0 Å². The highest BCUT2D eigenvalue weighted by Gasteiger charge is 2.32. The molecular formula is C11H11BrF3IO3. The van der Waals surface area contributed by atoms with Crippen LogP contribution < -0.4 is 9.47 Å². The summed E-state index contributed by atoms with van der Waals surface area (Å²) in [5.41, 5.74) is 0. The number of rotatable bonds is 6. The van der Waals surface area contributed by atoms with Crippen molar-refractivity contribution in [3.05, 3.63) is 20.2 Å². The Labute approximate surface area is 130 Å². The van der Waals surface area contributed by atoms with Gasteiger partial charge in [0.2, 0.25) is 0 Å². The van der Waals surface area contributed by atoms with Crippen molar-refractivity contribution < 1.29 is 27.4 Å². The predicted molar refractivity (Wildman–Crippen MR) is 75.5 cm³/mol. The lowest BCUT2D eigenvalue weighted by Gasteiger charge is -2.15. The first kappa shape index (κ1) is 16.8. The largest absolute Gasteiger partial charge is 0.573 e. The molecule has 0 saturated heterocycles. The molecule has 0 spiro atoms. The molecule has 0 N–H and O–H groups in total. The Morgan fingerprint density at radius 2 is 1.89 bits per heavy atom. The minimum absolute atomic E-state index is 0.0565. The lowest BCUT2D eigenvalue weighted by molar-refractivity contribution is -0.275. The first-order valence-electron chi connectivity index (χ1n) is 5.20. The summed E-state index contributed by atoms with van der Waals surface area (Å²) in [4.78, 5) is 0. The van der Waals surface area contributed by atoms with Gasteiger partial charge in [0.1, 0.15) is 0 Å². The van der Waals surface area contributed by atoms with E-state index in [9.17, 15) is 13.2 Å². The molecule has 0 saturated carbocycles. The van der Waals surface area contributed by atoms with Crippen LogP contribution in [0.5, 0.6) is 11.5 Å². The molecule has 8 heteroatoms. The molecule has 0 fully saturated rings. The van der Waals surface area contributed by atoms with Gasteiger partial charge in [-0.05, 0) is 50.7 Å². The Hall–Kier alpha value is -0.220. The summed E-state index contributed by atoms with van der Waals surface area (Å²) < 4.78 is 52.1. The number of hydrogen-bond acceptors (Lipinski definition) is 3. The summed E-state index contributed by atoms with van der Waals surface area (Å²) in [5.74, 6) is -0.307. The lowest BCUT2D eigenvalue weighted by Crippen LogP contribution is -2.18. The fraction of sp³-hybridized carbons (Fsp3) is 0.455. The summed E-state index contributed by atoms with van der Waals surface area (Å²) in [7, 11) is 1.54. The molecule has 3 nitrogen and oxygen atoms in total. The topological polar surface area (TPSA) is 27.7 Å². The maximum absolute atomic E-state index is 12.3. The smallest absolute Gasteiger partial charge is 0.490 e. The molecule has 0 bridgehead atoms. The molecule has 0 heterocycles. The highest BCUT2D eigenvalue weighted by atomic mass is 127. The van der Waals surface area contributed by atoms with Gasteiger partial charge in [0.25, 0.3) is 0 Å². The average Bonchev–Trinajstić information content (AvgIpc) is 2.28. The van der Waals surface area contributed by atoms with Gasteiger partial charge < -0.3 is 14.2 Å². The minimum Gasteiger partial charge on any atom is -0.490 e. The molecule has 19 heavy (non-hydrogen) atoms. The van der Waals surface area contributed by atoms with E-state index in [1.165, 1.54) is 12.1 Å². The van der Waals surface area contributed by atoms with Gasteiger partial charge in [-0.2, -0.15) is 0 Å². The number of alkyl halides is 3. The molecular weight excluding hydrogens is 444 g/mol. The average molecular weight is 455 g/mol. The van der Waals surface area contributed by atoms with Crippen LogP contribution >= 0.6 is 38.5 Å². The van der Waals surface area contributed by atoms with Gasteiger partial charge in [0, 0.05) is 28.2 Å². The van der Waals surface area contributed by atoms with Crippen LogP contribution in [0.25, 0.3) is 0 Å². The number of halogens is 5. The Morgan fingerprint density at radius 1 is 1.21 bits per heavy atom. The predicted octanol–water partition coefficient (Wildman–Crippen LogP) is 4.37. The van der Waals surface area contributed by atoms with Crippen LogP contribution in [0.3, 0.4) is 0 Å². The van der Waals surface area contributed by atoms with Gasteiger partial charge in [-0.3, -0.25) is 0 Å². The second-order valence-electron chi connectivity index (χ2n) is 3.46. The summed E-state index contributed by atoms with van der Waals surface area (Å²) in [6.07, 6.45) is -4.18. The van der Waals surface area contributed by atoms with Crippen LogP contribution in [0, 0.1) is 3.57 Å². The van der Waals surface area contributed by atoms with Crippen LogP contribution in [0.4, 0.5) is 13.2 Å². The van der Waals surface area contributed by atoms with E-state index < -0.39 is 6.36 Å². The number of methoxy groups -OCH3 is 1. The molecule has 108 valence electrons. The minimum atomic E-state index is -4.75. The SMILES string of the molecule is COCCCOc1cc(I)c(Br)cc1OC(F)(F)F. The Balaban J connectivity index is 2.84. The van der Waals surface area contributed by atoms with Crippen LogP contribution in [0.15, 0.2) is 16.6 Å².